The molecule has 1 saturated heterocycles. The zero-order valence-corrected chi connectivity index (χ0v) is 16.4. The monoisotopic (exact) mass is 399 g/mol. The van der Waals surface area contributed by atoms with Gasteiger partial charge in [-0.1, -0.05) is 30.0 Å². The molecule has 146 valence electrons. The number of fused-ring (bicyclic) bond motifs is 3. The molecule has 4 rings (SSSR count). The fourth-order valence-corrected chi connectivity index (χ4v) is 4.39. The smallest absolute Gasteiger partial charge is 0.323 e. The number of carbonyl (C=O) groups is 2. The van der Waals surface area contributed by atoms with Crippen LogP contribution in [0, 0.1) is 0 Å². The summed E-state index contributed by atoms with van der Waals surface area (Å²) in [6.45, 7) is 2.67. The first kappa shape index (κ1) is 18.7. The number of amides is 1. The number of hydrogen-bond donors (Lipinski definition) is 1. The summed E-state index contributed by atoms with van der Waals surface area (Å²) in [4.78, 5) is 30.3. The summed E-state index contributed by atoms with van der Waals surface area (Å²) in [5, 5.41) is 18.9. The van der Waals surface area contributed by atoms with Crippen LogP contribution in [-0.4, -0.2) is 60.0 Å². The van der Waals surface area contributed by atoms with Crippen molar-refractivity contribution < 1.29 is 14.7 Å². The molecule has 0 radical (unpaired) electrons. The number of likely N-dealkylation sites (tertiary alicyclic amines) is 1. The highest BCUT2D eigenvalue weighted by Gasteiger charge is 2.23. The molecule has 28 heavy (non-hydrogen) atoms. The van der Waals surface area contributed by atoms with E-state index in [0.29, 0.717) is 16.3 Å². The number of carboxylic acid groups (broad SMARTS) is 1. The highest BCUT2D eigenvalue weighted by atomic mass is 32.2. The van der Waals surface area contributed by atoms with Crippen LogP contribution in [0.3, 0.4) is 0 Å². The number of thioether (sulfide) groups is 1. The van der Waals surface area contributed by atoms with Crippen molar-refractivity contribution in [1.29, 1.82) is 0 Å². The number of aliphatic carboxylic acids is 1. The maximum atomic E-state index is 12.5. The minimum absolute atomic E-state index is 0.0759. The Bertz CT molecular complexity index is 1050. The van der Waals surface area contributed by atoms with Gasteiger partial charge >= 0.3 is 5.97 Å². The summed E-state index contributed by atoms with van der Waals surface area (Å²) in [6, 6.07) is 7.70. The van der Waals surface area contributed by atoms with Gasteiger partial charge in [0.15, 0.2) is 5.65 Å². The minimum Gasteiger partial charge on any atom is -0.480 e. The highest BCUT2D eigenvalue weighted by Crippen LogP contribution is 2.27. The van der Waals surface area contributed by atoms with Gasteiger partial charge in [0.2, 0.25) is 11.1 Å². The van der Waals surface area contributed by atoms with Crippen molar-refractivity contribution in [3.63, 3.8) is 0 Å². The second-order valence-electron chi connectivity index (χ2n) is 6.98. The summed E-state index contributed by atoms with van der Waals surface area (Å²) < 4.78 is 1.63. The molecule has 0 unspecified atom stereocenters. The van der Waals surface area contributed by atoms with Gasteiger partial charge in [0.25, 0.3) is 0 Å². The largest absolute Gasteiger partial charge is 0.480 e. The SMILES string of the molecule is C[C@H]1CCCCN1C(=O)CSc1nnc2c3ccccc3n(CC(=O)O)c2n1. The zero-order chi connectivity index (χ0) is 19.7. The van der Waals surface area contributed by atoms with E-state index in [1.165, 1.54) is 11.8 Å². The average molecular weight is 399 g/mol. The lowest BCUT2D eigenvalue weighted by atomic mass is 10.0. The summed E-state index contributed by atoms with van der Waals surface area (Å²) in [7, 11) is 0. The normalized spacial score (nSPS) is 17.3. The quantitative estimate of drug-likeness (QED) is 0.658. The lowest BCUT2D eigenvalue weighted by molar-refractivity contribution is -0.137. The molecule has 3 aromatic rings. The average Bonchev–Trinajstić information content (AvgIpc) is 2.99. The molecule has 0 aliphatic carbocycles. The van der Waals surface area contributed by atoms with Crippen molar-refractivity contribution >= 4 is 45.7 Å². The molecule has 1 N–H and O–H groups in total. The Morgan fingerprint density at radius 3 is 2.86 bits per heavy atom. The van der Waals surface area contributed by atoms with Crippen molar-refractivity contribution in [2.45, 2.75) is 43.9 Å². The van der Waals surface area contributed by atoms with Gasteiger partial charge in [-0.3, -0.25) is 9.59 Å². The number of benzene rings is 1. The number of nitrogens with zero attached hydrogens (tertiary/aromatic N) is 5. The zero-order valence-electron chi connectivity index (χ0n) is 15.5. The van der Waals surface area contributed by atoms with Crippen LogP contribution in [0.4, 0.5) is 0 Å². The molecule has 3 heterocycles. The molecular formula is C19H21N5O3S. The van der Waals surface area contributed by atoms with Crippen LogP contribution >= 0.6 is 11.8 Å². The number of rotatable bonds is 5. The van der Waals surface area contributed by atoms with Gasteiger partial charge in [-0.15, -0.1) is 10.2 Å². The summed E-state index contributed by atoms with van der Waals surface area (Å²) in [5.74, 6) is -0.631. The van der Waals surface area contributed by atoms with Crippen LogP contribution in [0.1, 0.15) is 26.2 Å². The first-order valence-corrected chi connectivity index (χ1v) is 10.3. The molecule has 1 aromatic carbocycles. The Morgan fingerprint density at radius 1 is 1.25 bits per heavy atom. The van der Waals surface area contributed by atoms with Crippen molar-refractivity contribution in [2.75, 3.05) is 12.3 Å². The fourth-order valence-electron chi connectivity index (χ4n) is 3.72. The number of piperidine rings is 1. The number of carboxylic acids is 1. The lowest BCUT2D eigenvalue weighted by Crippen LogP contribution is -2.42. The van der Waals surface area contributed by atoms with E-state index in [1.807, 2.05) is 29.2 Å². The van der Waals surface area contributed by atoms with Gasteiger partial charge in [0.05, 0.1) is 11.3 Å². The second-order valence-corrected chi connectivity index (χ2v) is 7.93. The van der Waals surface area contributed by atoms with E-state index in [9.17, 15) is 14.7 Å². The molecule has 1 amide bonds. The van der Waals surface area contributed by atoms with Crippen molar-refractivity contribution in [1.82, 2.24) is 24.6 Å². The van der Waals surface area contributed by atoms with E-state index in [4.69, 9.17) is 0 Å². The molecule has 8 nitrogen and oxygen atoms in total. The van der Waals surface area contributed by atoms with Crippen molar-refractivity contribution in [2.24, 2.45) is 0 Å². The minimum atomic E-state index is -0.954. The Labute approximate surface area is 165 Å². The van der Waals surface area contributed by atoms with Gasteiger partial charge in [0, 0.05) is 18.0 Å². The molecule has 0 saturated carbocycles. The third-order valence-electron chi connectivity index (χ3n) is 5.10. The number of para-hydroxylation sites is 1. The standard InChI is InChI=1S/C19H21N5O3S/c1-12-6-4-5-9-23(12)15(25)11-28-19-20-18-17(21-22-19)13-7-2-3-8-14(13)24(18)10-16(26)27/h2-3,7-8,12H,4-6,9-11H2,1H3,(H,26,27)/t12-/m0/s1. The number of carbonyl (C=O) groups excluding carboxylic acids is 1. The lowest BCUT2D eigenvalue weighted by Gasteiger charge is -2.33. The van der Waals surface area contributed by atoms with E-state index < -0.39 is 5.97 Å². The third-order valence-corrected chi connectivity index (χ3v) is 5.92. The molecule has 9 heteroatoms. The van der Waals surface area contributed by atoms with Crippen LogP contribution in [-0.2, 0) is 16.1 Å². The molecule has 1 aliphatic rings. The second kappa shape index (κ2) is 7.75. The summed E-state index contributed by atoms with van der Waals surface area (Å²) >= 11 is 1.24. The molecule has 1 fully saturated rings. The van der Waals surface area contributed by atoms with Crippen LogP contribution in [0.15, 0.2) is 29.4 Å². The summed E-state index contributed by atoms with van der Waals surface area (Å²) in [5.41, 5.74) is 1.79. The van der Waals surface area contributed by atoms with Gasteiger partial charge in [-0.05, 0) is 32.3 Å². The third kappa shape index (κ3) is 3.54. The summed E-state index contributed by atoms with van der Waals surface area (Å²) in [6.07, 6.45) is 3.24. The first-order chi connectivity index (χ1) is 13.5. The molecule has 1 aliphatic heterocycles. The van der Waals surface area contributed by atoms with Gasteiger partial charge in [0.1, 0.15) is 12.1 Å². The van der Waals surface area contributed by atoms with E-state index in [1.54, 1.807) is 4.57 Å². The Balaban J connectivity index is 1.61. The van der Waals surface area contributed by atoms with Gasteiger partial charge in [-0.2, -0.15) is 0 Å². The van der Waals surface area contributed by atoms with Gasteiger partial charge < -0.3 is 14.6 Å². The Morgan fingerprint density at radius 2 is 2.07 bits per heavy atom. The molecule has 1 atom stereocenters. The van der Waals surface area contributed by atoms with Crippen LogP contribution in [0.25, 0.3) is 22.1 Å². The van der Waals surface area contributed by atoms with Crippen molar-refractivity contribution in [3.05, 3.63) is 24.3 Å². The van der Waals surface area contributed by atoms with Crippen molar-refractivity contribution in [3.8, 4) is 0 Å². The predicted molar refractivity (Wildman–Crippen MR) is 106 cm³/mol. The van der Waals surface area contributed by atoms with E-state index in [-0.39, 0.29) is 24.2 Å². The van der Waals surface area contributed by atoms with Crippen LogP contribution in [0.2, 0.25) is 0 Å². The van der Waals surface area contributed by atoms with E-state index in [2.05, 4.69) is 22.1 Å². The molecular weight excluding hydrogens is 378 g/mol. The van der Waals surface area contributed by atoms with E-state index in [0.717, 1.165) is 36.7 Å². The topological polar surface area (TPSA) is 101 Å². The Kier molecular flexibility index (Phi) is 5.17. The maximum absolute atomic E-state index is 12.5. The van der Waals surface area contributed by atoms with Gasteiger partial charge in [-0.25, -0.2) is 4.98 Å². The molecule has 2 aromatic heterocycles. The molecule has 0 spiro atoms. The fraction of sp³-hybridized carbons (Fsp3) is 0.421. The predicted octanol–water partition coefficient (Wildman–Crippen LogP) is 2.56. The van der Waals surface area contributed by atoms with E-state index >= 15 is 0 Å². The van der Waals surface area contributed by atoms with Crippen LogP contribution < -0.4 is 0 Å². The number of aromatic nitrogens is 4. The highest BCUT2D eigenvalue weighted by molar-refractivity contribution is 7.99. The number of hydrogen-bond acceptors (Lipinski definition) is 6. The molecule has 0 bridgehead atoms. The Hall–Kier alpha value is -2.68. The first-order valence-electron chi connectivity index (χ1n) is 9.30. The van der Waals surface area contributed by atoms with Crippen LogP contribution in [0.5, 0.6) is 0 Å². The maximum Gasteiger partial charge on any atom is 0.323 e.